The van der Waals surface area contributed by atoms with E-state index in [-0.39, 0.29) is 24.2 Å². The summed E-state index contributed by atoms with van der Waals surface area (Å²) in [5.74, 6) is 2.30. The molecule has 8 heteroatoms. The number of benzene rings is 1. The average molecular weight is 396 g/mol. The Morgan fingerprint density at radius 3 is 2.89 bits per heavy atom. The summed E-state index contributed by atoms with van der Waals surface area (Å²) in [5, 5.41) is 10.2. The highest BCUT2D eigenvalue weighted by atomic mass is 32.2. The van der Waals surface area contributed by atoms with Crippen LogP contribution >= 0.6 is 11.8 Å². The number of thioether (sulfide) groups is 1. The Bertz CT molecular complexity index is 983. The lowest BCUT2D eigenvalue weighted by Crippen LogP contribution is -2.25. The minimum Gasteiger partial charge on any atom is -0.469 e. The molecule has 1 aliphatic rings. The minimum absolute atomic E-state index is 0.104. The number of aromatic nitrogens is 2. The van der Waals surface area contributed by atoms with Crippen LogP contribution in [0.25, 0.3) is 0 Å². The zero-order chi connectivity index (χ0) is 19.5. The summed E-state index contributed by atoms with van der Waals surface area (Å²) in [6, 6.07) is 13.6. The molecule has 0 saturated heterocycles. The van der Waals surface area contributed by atoms with Gasteiger partial charge in [0.15, 0.2) is 5.82 Å². The van der Waals surface area contributed by atoms with Gasteiger partial charge in [0.25, 0.3) is 0 Å². The number of carbonyl (C=O) groups is 2. The maximum Gasteiger partial charge on any atom is 0.235 e. The van der Waals surface area contributed by atoms with E-state index in [1.54, 1.807) is 35.8 Å². The zero-order valence-corrected chi connectivity index (χ0v) is 16.2. The first-order chi connectivity index (χ1) is 13.6. The molecule has 0 aliphatic carbocycles. The molecular formula is C20H20N4O3S. The van der Waals surface area contributed by atoms with Gasteiger partial charge in [-0.25, -0.2) is 0 Å². The number of carbonyl (C=O) groups excluding carboxylic acids is 2. The van der Waals surface area contributed by atoms with E-state index in [0.717, 1.165) is 11.3 Å². The van der Waals surface area contributed by atoms with Gasteiger partial charge in [-0.1, -0.05) is 30.3 Å². The van der Waals surface area contributed by atoms with Crippen LogP contribution in [0.15, 0.2) is 53.1 Å². The predicted octanol–water partition coefficient (Wildman–Crippen LogP) is 3.36. The number of hydrogen-bond acceptors (Lipinski definition) is 5. The SMILES string of the molecule is Cn1nc(NC(=O)CSCc2ccccc2)c2c1NC(=O)CC2c1ccco1. The molecule has 0 spiro atoms. The van der Waals surface area contributed by atoms with Crippen LogP contribution in [0.4, 0.5) is 11.6 Å². The van der Waals surface area contributed by atoms with Crippen molar-refractivity contribution in [3.63, 3.8) is 0 Å². The van der Waals surface area contributed by atoms with Crippen molar-refractivity contribution in [2.24, 2.45) is 7.05 Å². The number of rotatable bonds is 6. The van der Waals surface area contributed by atoms with Gasteiger partial charge in [-0.15, -0.1) is 11.8 Å². The van der Waals surface area contributed by atoms with Crippen LogP contribution in [-0.4, -0.2) is 27.3 Å². The standard InChI is InChI=1S/C20H20N4O3S/c1-24-20-18(14(10-16(25)22-20)15-8-5-9-27-15)19(23-24)21-17(26)12-28-11-13-6-3-2-4-7-13/h2-9,14H,10-12H2,1H3,(H,22,25)(H,21,23,26). The van der Waals surface area contributed by atoms with E-state index in [1.165, 1.54) is 5.56 Å². The Morgan fingerprint density at radius 1 is 1.32 bits per heavy atom. The lowest BCUT2D eigenvalue weighted by Gasteiger charge is -2.22. The normalized spacial score (nSPS) is 15.8. The van der Waals surface area contributed by atoms with Crippen LogP contribution in [-0.2, 0) is 22.4 Å². The molecule has 0 radical (unpaired) electrons. The molecule has 3 aromatic rings. The number of amides is 2. The van der Waals surface area contributed by atoms with Crippen molar-refractivity contribution < 1.29 is 14.0 Å². The molecule has 1 aliphatic heterocycles. The molecule has 0 bridgehead atoms. The quantitative estimate of drug-likeness (QED) is 0.667. The van der Waals surface area contributed by atoms with Crippen molar-refractivity contribution in [3.8, 4) is 0 Å². The van der Waals surface area contributed by atoms with E-state index in [4.69, 9.17) is 4.42 Å². The summed E-state index contributed by atoms with van der Waals surface area (Å²) in [7, 11) is 1.74. The lowest BCUT2D eigenvalue weighted by atomic mass is 9.91. The van der Waals surface area contributed by atoms with Crippen LogP contribution in [0.5, 0.6) is 0 Å². The molecule has 7 nitrogen and oxygen atoms in total. The van der Waals surface area contributed by atoms with Gasteiger partial charge in [0.2, 0.25) is 11.8 Å². The van der Waals surface area contributed by atoms with Crippen molar-refractivity contribution in [2.75, 3.05) is 16.4 Å². The number of hydrogen-bond donors (Lipinski definition) is 2. The van der Waals surface area contributed by atoms with E-state index < -0.39 is 0 Å². The maximum atomic E-state index is 12.5. The molecule has 4 rings (SSSR count). The highest BCUT2D eigenvalue weighted by Gasteiger charge is 2.34. The van der Waals surface area contributed by atoms with Crippen LogP contribution in [0.2, 0.25) is 0 Å². The molecule has 3 heterocycles. The summed E-state index contributed by atoms with van der Waals surface area (Å²) in [6.07, 6.45) is 1.83. The minimum atomic E-state index is -0.278. The van der Waals surface area contributed by atoms with Crippen LogP contribution in [0.1, 0.15) is 29.2 Å². The first-order valence-corrected chi connectivity index (χ1v) is 10.1. The Kier molecular flexibility index (Phi) is 5.21. The molecule has 2 amide bonds. The molecule has 1 unspecified atom stereocenters. The van der Waals surface area contributed by atoms with Crippen LogP contribution < -0.4 is 10.6 Å². The third kappa shape index (κ3) is 3.82. The molecular weight excluding hydrogens is 376 g/mol. The van der Waals surface area contributed by atoms with Gasteiger partial charge in [-0.3, -0.25) is 14.3 Å². The third-order valence-electron chi connectivity index (χ3n) is 4.57. The lowest BCUT2D eigenvalue weighted by molar-refractivity contribution is -0.116. The summed E-state index contributed by atoms with van der Waals surface area (Å²) < 4.78 is 7.11. The van der Waals surface area contributed by atoms with Crippen LogP contribution in [0, 0.1) is 0 Å². The predicted molar refractivity (Wildman–Crippen MR) is 108 cm³/mol. The Hall–Kier alpha value is -3.00. The number of fused-ring (bicyclic) bond motifs is 1. The van der Waals surface area contributed by atoms with Crippen molar-refractivity contribution in [2.45, 2.75) is 18.1 Å². The van der Waals surface area contributed by atoms with Gasteiger partial charge in [-0.05, 0) is 17.7 Å². The second-order valence-electron chi connectivity index (χ2n) is 6.58. The van der Waals surface area contributed by atoms with Crippen molar-refractivity contribution in [3.05, 3.63) is 65.6 Å². The number of nitrogens with one attached hydrogen (secondary N) is 2. The fourth-order valence-electron chi connectivity index (χ4n) is 3.32. The largest absolute Gasteiger partial charge is 0.469 e. The highest BCUT2D eigenvalue weighted by Crippen LogP contribution is 2.41. The summed E-state index contributed by atoms with van der Waals surface area (Å²) >= 11 is 1.54. The Balaban J connectivity index is 1.49. The molecule has 0 fully saturated rings. The monoisotopic (exact) mass is 396 g/mol. The Labute approximate surface area is 166 Å². The van der Waals surface area contributed by atoms with Crippen molar-refractivity contribution in [1.29, 1.82) is 0 Å². The topological polar surface area (TPSA) is 89.2 Å². The number of anilines is 2. The first kappa shape index (κ1) is 18.4. The Morgan fingerprint density at radius 2 is 2.14 bits per heavy atom. The van der Waals surface area contributed by atoms with E-state index in [0.29, 0.717) is 23.1 Å². The number of aryl methyl sites for hydroxylation is 1. The zero-order valence-electron chi connectivity index (χ0n) is 15.3. The highest BCUT2D eigenvalue weighted by molar-refractivity contribution is 7.99. The van der Waals surface area contributed by atoms with Gasteiger partial charge in [0, 0.05) is 19.2 Å². The fourth-order valence-corrected chi connectivity index (χ4v) is 4.11. The molecule has 144 valence electrons. The number of furan rings is 1. The van der Waals surface area contributed by atoms with Gasteiger partial charge in [0.1, 0.15) is 11.6 Å². The number of nitrogens with zero attached hydrogens (tertiary/aromatic N) is 2. The van der Waals surface area contributed by atoms with Gasteiger partial charge in [0.05, 0.1) is 23.5 Å². The molecule has 2 aromatic heterocycles. The first-order valence-electron chi connectivity index (χ1n) is 8.93. The smallest absolute Gasteiger partial charge is 0.235 e. The van der Waals surface area contributed by atoms with E-state index in [9.17, 15) is 9.59 Å². The molecule has 0 saturated carbocycles. The summed E-state index contributed by atoms with van der Waals surface area (Å²) in [4.78, 5) is 24.6. The van der Waals surface area contributed by atoms with E-state index in [2.05, 4.69) is 15.7 Å². The molecule has 2 N–H and O–H groups in total. The second-order valence-corrected chi connectivity index (χ2v) is 7.57. The van der Waals surface area contributed by atoms with Crippen LogP contribution in [0.3, 0.4) is 0 Å². The van der Waals surface area contributed by atoms with Crippen molar-refractivity contribution >= 4 is 35.2 Å². The summed E-state index contributed by atoms with van der Waals surface area (Å²) in [6.45, 7) is 0. The van der Waals surface area contributed by atoms with Gasteiger partial charge in [-0.2, -0.15) is 5.10 Å². The van der Waals surface area contributed by atoms with Crippen molar-refractivity contribution in [1.82, 2.24) is 9.78 Å². The molecule has 1 atom stereocenters. The fraction of sp³-hybridized carbons (Fsp3) is 0.250. The molecule has 28 heavy (non-hydrogen) atoms. The molecule has 1 aromatic carbocycles. The van der Waals surface area contributed by atoms with Gasteiger partial charge >= 0.3 is 0 Å². The van der Waals surface area contributed by atoms with Gasteiger partial charge < -0.3 is 15.1 Å². The van der Waals surface area contributed by atoms with E-state index in [1.807, 2.05) is 36.4 Å². The second kappa shape index (κ2) is 7.93. The third-order valence-corrected chi connectivity index (χ3v) is 5.57. The summed E-state index contributed by atoms with van der Waals surface area (Å²) in [5.41, 5.74) is 1.95. The maximum absolute atomic E-state index is 12.5. The van der Waals surface area contributed by atoms with E-state index >= 15 is 0 Å². The average Bonchev–Trinajstić information content (AvgIpc) is 3.31.